The van der Waals surface area contributed by atoms with Crippen molar-refractivity contribution in [3.63, 3.8) is 0 Å². The van der Waals surface area contributed by atoms with Gasteiger partial charge in [-0.25, -0.2) is 8.78 Å². The van der Waals surface area contributed by atoms with E-state index in [0.717, 1.165) is 18.9 Å². The number of hydrogen-bond acceptors (Lipinski definition) is 2. The number of nitrogens with one attached hydrogen (secondary N) is 1. The number of unbranched alkanes of at least 4 members (excludes halogenated alkanes) is 1. The number of rotatable bonds is 6. The molecule has 1 aromatic rings. The molecule has 106 valence electrons. The van der Waals surface area contributed by atoms with Crippen LogP contribution in [0.1, 0.15) is 38.7 Å². The largest absolute Gasteiger partial charge is 0.383 e. The molecule has 1 rings (SSSR count). The molecule has 0 heterocycles. The standard InChI is InChI=1S/C14H19F2NO2/c1-3-4-5-13(18)17-9-14(2,19)11-7-6-10(15)8-12(11)16/h6-8,19H,3-5,9H2,1-2H3,(H,17,18). The molecule has 5 heteroatoms. The molecule has 1 atom stereocenters. The van der Waals surface area contributed by atoms with E-state index in [9.17, 15) is 18.7 Å². The third kappa shape index (κ3) is 4.59. The fourth-order valence-electron chi connectivity index (χ4n) is 1.72. The van der Waals surface area contributed by atoms with E-state index in [1.165, 1.54) is 13.0 Å². The molecule has 1 aromatic carbocycles. The Balaban J connectivity index is 2.67. The summed E-state index contributed by atoms with van der Waals surface area (Å²) < 4.78 is 26.4. The first kappa shape index (κ1) is 15.6. The molecule has 0 spiro atoms. The summed E-state index contributed by atoms with van der Waals surface area (Å²) in [5, 5.41) is 12.7. The van der Waals surface area contributed by atoms with E-state index in [-0.39, 0.29) is 18.0 Å². The number of amides is 1. The maximum Gasteiger partial charge on any atom is 0.220 e. The van der Waals surface area contributed by atoms with Crippen LogP contribution in [0.5, 0.6) is 0 Å². The monoisotopic (exact) mass is 271 g/mol. The second kappa shape index (κ2) is 6.61. The predicted octanol–water partition coefficient (Wildman–Crippen LogP) is 2.48. The van der Waals surface area contributed by atoms with Crippen LogP contribution in [0.2, 0.25) is 0 Å². The van der Waals surface area contributed by atoms with Gasteiger partial charge >= 0.3 is 0 Å². The Morgan fingerprint density at radius 2 is 2.11 bits per heavy atom. The molecule has 0 aliphatic rings. The molecule has 0 saturated carbocycles. The van der Waals surface area contributed by atoms with Crippen LogP contribution in [-0.2, 0) is 10.4 Å². The lowest BCUT2D eigenvalue weighted by Crippen LogP contribution is -2.39. The lowest BCUT2D eigenvalue weighted by atomic mass is 9.95. The van der Waals surface area contributed by atoms with Gasteiger partial charge in [0.25, 0.3) is 0 Å². The van der Waals surface area contributed by atoms with E-state index in [1.54, 1.807) is 0 Å². The molecule has 0 fully saturated rings. The zero-order chi connectivity index (χ0) is 14.5. The molecular formula is C14H19F2NO2. The van der Waals surface area contributed by atoms with Crippen molar-refractivity contribution >= 4 is 5.91 Å². The molecule has 0 aliphatic carbocycles. The second-order valence-electron chi connectivity index (χ2n) is 4.78. The summed E-state index contributed by atoms with van der Waals surface area (Å²) in [4.78, 5) is 11.4. The predicted molar refractivity (Wildman–Crippen MR) is 68.5 cm³/mol. The highest BCUT2D eigenvalue weighted by Gasteiger charge is 2.27. The van der Waals surface area contributed by atoms with Crippen LogP contribution in [0.15, 0.2) is 18.2 Å². The SMILES string of the molecule is CCCCC(=O)NCC(C)(O)c1ccc(F)cc1F. The van der Waals surface area contributed by atoms with E-state index in [0.29, 0.717) is 12.5 Å². The summed E-state index contributed by atoms with van der Waals surface area (Å²) >= 11 is 0. The van der Waals surface area contributed by atoms with E-state index >= 15 is 0 Å². The van der Waals surface area contributed by atoms with Gasteiger partial charge in [0, 0.05) is 18.1 Å². The molecule has 0 radical (unpaired) electrons. The number of halogens is 2. The minimum atomic E-state index is -1.57. The maximum absolute atomic E-state index is 13.6. The first-order chi connectivity index (χ1) is 8.86. The van der Waals surface area contributed by atoms with Gasteiger partial charge in [0.2, 0.25) is 5.91 Å². The highest BCUT2D eigenvalue weighted by Crippen LogP contribution is 2.23. The van der Waals surface area contributed by atoms with Crippen LogP contribution in [0, 0.1) is 11.6 Å². The maximum atomic E-state index is 13.6. The molecule has 2 N–H and O–H groups in total. The first-order valence-electron chi connectivity index (χ1n) is 6.31. The Morgan fingerprint density at radius 3 is 2.68 bits per heavy atom. The Kier molecular flexibility index (Phi) is 5.42. The molecule has 0 bridgehead atoms. The van der Waals surface area contributed by atoms with Gasteiger partial charge in [-0.2, -0.15) is 0 Å². The highest BCUT2D eigenvalue weighted by molar-refractivity contribution is 5.75. The van der Waals surface area contributed by atoms with Crippen LogP contribution in [-0.4, -0.2) is 17.6 Å². The minimum Gasteiger partial charge on any atom is -0.383 e. The number of benzene rings is 1. The van der Waals surface area contributed by atoms with E-state index in [4.69, 9.17) is 0 Å². The summed E-state index contributed by atoms with van der Waals surface area (Å²) in [6.07, 6.45) is 2.04. The van der Waals surface area contributed by atoms with Crippen LogP contribution >= 0.6 is 0 Å². The van der Waals surface area contributed by atoms with Crippen molar-refractivity contribution in [1.29, 1.82) is 0 Å². The summed E-state index contributed by atoms with van der Waals surface area (Å²) in [5.74, 6) is -1.72. The molecule has 0 saturated heterocycles. The third-order valence-corrected chi connectivity index (χ3v) is 2.90. The Bertz CT molecular complexity index is 447. The highest BCUT2D eigenvalue weighted by atomic mass is 19.1. The Morgan fingerprint density at radius 1 is 1.42 bits per heavy atom. The summed E-state index contributed by atoms with van der Waals surface area (Å²) in [5.41, 5.74) is -1.61. The quantitative estimate of drug-likeness (QED) is 0.835. The van der Waals surface area contributed by atoms with Gasteiger partial charge in [0.15, 0.2) is 0 Å². The molecule has 3 nitrogen and oxygen atoms in total. The Labute approximate surface area is 111 Å². The van der Waals surface area contributed by atoms with Crippen LogP contribution in [0.4, 0.5) is 8.78 Å². The first-order valence-corrected chi connectivity index (χ1v) is 6.31. The van der Waals surface area contributed by atoms with Gasteiger partial charge in [0.05, 0.1) is 6.54 Å². The van der Waals surface area contributed by atoms with Crippen molar-refractivity contribution in [2.75, 3.05) is 6.54 Å². The van der Waals surface area contributed by atoms with Crippen molar-refractivity contribution in [2.45, 2.75) is 38.7 Å². The molecule has 1 unspecified atom stereocenters. The van der Waals surface area contributed by atoms with Gasteiger partial charge < -0.3 is 10.4 Å². The van der Waals surface area contributed by atoms with E-state index in [1.807, 2.05) is 6.92 Å². The van der Waals surface area contributed by atoms with Crippen molar-refractivity contribution in [3.8, 4) is 0 Å². The molecule has 0 aromatic heterocycles. The van der Waals surface area contributed by atoms with Crippen molar-refractivity contribution in [3.05, 3.63) is 35.4 Å². The Hall–Kier alpha value is -1.49. The van der Waals surface area contributed by atoms with Gasteiger partial charge in [-0.3, -0.25) is 4.79 Å². The van der Waals surface area contributed by atoms with Gasteiger partial charge in [0.1, 0.15) is 17.2 Å². The summed E-state index contributed by atoms with van der Waals surface area (Å²) in [6, 6.07) is 2.97. The van der Waals surface area contributed by atoms with Gasteiger partial charge in [-0.15, -0.1) is 0 Å². The van der Waals surface area contributed by atoms with Crippen LogP contribution in [0.3, 0.4) is 0 Å². The zero-order valence-corrected chi connectivity index (χ0v) is 11.2. The summed E-state index contributed by atoms with van der Waals surface area (Å²) in [6.45, 7) is 3.23. The molecule has 19 heavy (non-hydrogen) atoms. The fourth-order valence-corrected chi connectivity index (χ4v) is 1.72. The lowest BCUT2D eigenvalue weighted by Gasteiger charge is -2.24. The third-order valence-electron chi connectivity index (χ3n) is 2.90. The molecular weight excluding hydrogens is 252 g/mol. The second-order valence-corrected chi connectivity index (χ2v) is 4.78. The summed E-state index contributed by atoms with van der Waals surface area (Å²) in [7, 11) is 0. The average molecular weight is 271 g/mol. The van der Waals surface area contributed by atoms with Crippen molar-refractivity contribution in [1.82, 2.24) is 5.32 Å². The number of carbonyl (C=O) groups excluding carboxylic acids is 1. The fraction of sp³-hybridized carbons (Fsp3) is 0.500. The number of carbonyl (C=O) groups is 1. The lowest BCUT2D eigenvalue weighted by molar-refractivity contribution is -0.122. The van der Waals surface area contributed by atoms with Crippen LogP contribution in [0.25, 0.3) is 0 Å². The van der Waals surface area contributed by atoms with Crippen molar-refractivity contribution in [2.24, 2.45) is 0 Å². The van der Waals surface area contributed by atoms with Gasteiger partial charge in [-0.05, 0) is 19.4 Å². The average Bonchev–Trinajstić information content (AvgIpc) is 2.33. The number of hydrogen-bond donors (Lipinski definition) is 2. The smallest absolute Gasteiger partial charge is 0.220 e. The van der Waals surface area contributed by atoms with E-state index < -0.39 is 17.2 Å². The van der Waals surface area contributed by atoms with E-state index in [2.05, 4.69) is 5.32 Å². The zero-order valence-electron chi connectivity index (χ0n) is 11.2. The van der Waals surface area contributed by atoms with Gasteiger partial charge in [-0.1, -0.05) is 19.4 Å². The molecule has 0 aliphatic heterocycles. The normalized spacial score (nSPS) is 13.9. The number of aliphatic hydroxyl groups is 1. The minimum absolute atomic E-state index is 0.0373. The molecule has 1 amide bonds. The van der Waals surface area contributed by atoms with Crippen LogP contribution < -0.4 is 5.32 Å². The topological polar surface area (TPSA) is 49.3 Å². The van der Waals surface area contributed by atoms with Crippen molar-refractivity contribution < 1.29 is 18.7 Å².